The molecule has 0 aliphatic carbocycles. The van der Waals surface area contributed by atoms with Crippen molar-refractivity contribution < 1.29 is 24.3 Å². The lowest BCUT2D eigenvalue weighted by molar-refractivity contribution is -0.0842. The van der Waals surface area contributed by atoms with Crippen LogP contribution >= 0.6 is 23.2 Å². The van der Waals surface area contributed by atoms with E-state index in [-0.39, 0.29) is 28.8 Å². The quantitative estimate of drug-likeness (QED) is 0.533. The topological polar surface area (TPSA) is 99.2 Å². The van der Waals surface area contributed by atoms with Crippen LogP contribution in [0.2, 0.25) is 10.0 Å². The normalized spacial score (nSPS) is 18.3. The van der Waals surface area contributed by atoms with E-state index in [1.54, 1.807) is 12.1 Å². The van der Waals surface area contributed by atoms with Crippen LogP contribution in [0, 0.1) is 0 Å². The van der Waals surface area contributed by atoms with Crippen molar-refractivity contribution in [2.24, 2.45) is 0 Å². The number of nitrogens with one attached hydrogen (secondary N) is 1. The van der Waals surface area contributed by atoms with Crippen LogP contribution in [-0.4, -0.2) is 53.8 Å². The average molecular weight is 450 g/mol. The molecule has 2 aromatic rings. The van der Waals surface area contributed by atoms with Crippen molar-refractivity contribution in [1.82, 2.24) is 10.4 Å². The summed E-state index contributed by atoms with van der Waals surface area (Å²) < 4.78 is 0. The number of hydrogen-bond acceptors (Lipinski definition) is 5. The predicted molar refractivity (Wildman–Crippen MR) is 112 cm³/mol. The van der Waals surface area contributed by atoms with E-state index in [0.717, 1.165) is 0 Å². The summed E-state index contributed by atoms with van der Waals surface area (Å²) in [7, 11) is 0. The average Bonchev–Trinajstić information content (AvgIpc) is 3.14. The van der Waals surface area contributed by atoms with Crippen molar-refractivity contribution in [1.29, 1.82) is 0 Å². The zero-order valence-electron chi connectivity index (χ0n) is 15.7. The molecule has 1 saturated heterocycles. The van der Waals surface area contributed by atoms with Gasteiger partial charge in [-0.25, -0.2) is 4.79 Å². The van der Waals surface area contributed by atoms with E-state index in [4.69, 9.17) is 33.1 Å². The summed E-state index contributed by atoms with van der Waals surface area (Å²) in [5.74, 6) is -1.29. The number of amides is 3. The van der Waals surface area contributed by atoms with E-state index in [2.05, 4.69) is 11.9 Å². The summed E-state index contributed by atoms with van der Waals surface area (Å²) >= 11 is 13.0. The Hall–Kier alpha value is -2.81. The largest absolute Gasteiger partial charge is 0.465 e. The number of carbonyl (C=O) groups excluding carboxylic acids is 2. The molecule has 1 fully saturated rings. The minimum absolute atomic E-state index is 0.0228. The number of hydrogen-bond donors (Lipinski definition) is 2. The van der Waals surface area contributed by atoms with Crippen LogP contribution < -0.4 is 10.2 Å². The molecule has 8 nitrogen and oxygen atoms in total. The maximum Gasteiger partial charge on any atom is 0.404 e. The van der Waals surface area contributed by atoms with Gasteiger partial charge in [-0.2, -0.15) is 0 Å². The van der Waals surface area contributed by atoms with Crippen LogP contribution in [0.3, 0.4) is 0 Å². The third kappa shape index (κ3) is 3.27. The zero-order chi connectivity index (χ0) is 21.6. The zero-order valence-corrected chi connectivity index (χ0v) is 17.2. The molecule has 2 heterocycles. The highest BCUT2D eigenvalue weighted by atomic mass is 35.5. The highest BCUT2D eigenvalue weighted by Crippen LogP contribution is 2.44. The molecule has 4 rings (SSSR count). The predicted octanol–water partition coefficient (Wildman–Crippen LogP) is 3.71. The molecule has 0 bridgehead atoms. The van der Waals surface area contributed by atoms with Crippen molar-refractivity contribution in [3.63, 3.8) is 0 Å². The summed E-state index contributed by atoms with van der Waals surface area (Å²) in [5.41, 5.74) is 1.02. The molecule has 2 aliphatic heterocycles. The molecule has 1 atom stereocenters. The van der Waals surface area contributed by atoms with Gasteiger partial charge in [0.15, 0.2) is 0 Å². The number of nitrogens with zero attached hydrogens (tertiary/aromatic N) is 2. The van der Waals surface area contributed by atoms with E-state index in [0.29, 0.717) is 46.1 Å². The maximum atomic E-state index is 13.0. The molecule has 0 unspecified atom stereocenters. The fraction of sp³-hybridized carbons (Fsp3) is 0.250. The molecular weight excluding hydrogens is 433 g/mol. The molecule has 3 amide bonds. The van der Waals surface area contributed by atoms with E-state index < -0.39 is 17.9 Å². The Balaban J connectivity index is 1.86. The molecule has 30 heavy (non-hydrogen) atoms. The number of benzene rings is 2. The van der Waals surface area contributed by atoms with Crippen LogP contribution in [0.5, 0.6) is 0 Å². The third-order valence-electron chi connectivity index (χ3n) is 5.15. The van der Waals surface area contributed by atoms with Crippen molar-refractivity contribution in [3.05, 3.63) is 52.0 Å². The third-order valence-corrected chi connectivity index (χ3v) is 5.77. The van der Waals surface area contributed by atoms with E-state index in [1.807, 2.05) is 4.90 Å². The standard InChI is InChI=1S/C20H17Cl2N3O5/c1-2-7-30-25-18(26)11-3-4-12(21)16-14(8-13(22)17(15(11)16)19(25)27)24-6-5-10(9-24)23-20(28)29/h2-4,8,10,23H,1,5-7,9H2,(H,28,29)/t10-/m0/s1. The van der Waals surface area contributed by atoms with Gasteiger partial charge in [0.1, 0.15) is 0 Å². The lowest BCUT2D eigenvalue weighted by Gasteiger charge is -2.29. The Morgan fingerprint density at radius 2 is 2.03 bits per heavy atom. The number of carbonyl (C=O) groups is 3. The number of anilines is 1. The summed E-state index contributed by atoms with van der Waals surface area (Å²) in [4.78, 5) is 44.1. The molecule has 0 saturated carbocycles. The van der Waals surface area contributed by atoms with Gasteiger partial charge in [0.2, 0.25) is 0 Å². The molecule has 0 aromatic heterocycles. The van der Waals surface area contributed by atoms with Crippen LogP contribution in [0.15, 0.2) is 30.9 Å². The highest BCUT2D eigenvalue weighted by molar-refractivity contribution is 6.43. The number of hydroxylamine groups is 2. The van der Waals surface area contributed by atoms with E-state index >= 15 is 0 Å². The Labute approximate surface area is 181 Å². The Morgan fingerprint density at radius 1 is 1.27 bits per heavy atom. The van der Waals surface area contributed by atoms with Gasteiger partial charge in [-0.05, 0) is 24.6 Å². The van der Waals surface area contributed by atoms with Crippen molar-refractivity contribution in [2.75, 3.05) is 24.6 Å². The van der Waals surface area contributed by atoms with Gasteiger partial charge in [-0.3, -0.25) is 14.4 Å². The summed E-state index contributed by atoms with van der Waals surface area (Å²) in [5, 5.41) is 13.5. The minimum atomic E-state index is -1.09. The summed E-state index contributed by atoms with van der Waals surface area (Å²) in [6.07, 6.45) is 0.934. The van der Waals surface area contributed by atoms with Gasteiger partial charge in [-0.15, -0.1) is 11.6 Å². The van der Waals surface area contributed by atoms with Crippen LogP contribution in [-0.2, 0) is 4.84 Å². The first-order valence-corrected chi connectivity index (χ1v) is 9.90. The summed E-state index contributed by atoms with van der Waals surface area (Å²) in [6, 6.07) is 4.49. The number of carboxylic acid groups (broad SMARTS) is 1. The molecule has 0 spiro atoms. The van der Waals surface area contributed by atoms with Gasteiger partial charge < -0.3 is 15.3 Å². The molecule has 2 N–H and O–H groups in total. The van der Waals surface area contributed by atoms with Crippen molar-refractivity contribution in [3.8, 4) is 0 Å². The Morgan fingerprint density at radius 3 is 2.73 bits per heavy atom. The first-order chi connectivity index (χ1) is 14.3. The highest BCUT2D eigenvalue weighted by Gasteiger charge is 2.38. The molecular formula is C20H17Cl2N3O5. The summed E-state index contributed by atoms with van der Waals surface area (Å²) in [6.45, 7) is 4.47. The van der Waals surface area contributed by atoms with Crippen LogP contribution in [0.25, 0.3) is 10.8 Å². The minimum Gasteiger partial charge on any atom is -0.465 e. The van der Waals surface area contributed by atoms with Gasteiger partial charge in [0, 0.05) is 29.5 Å². The fourth-order valence-electron chi connectivity index (χ4n) is 3.93. The second kappa shape index (κ2) is 7.79. The second-order valence-electron chi connectivity index (χ2n) is 6.97. The Kier molecular flexibility index (Phi) is 5.31. The van der Waals surface area contributed by atoms with Gasteiger partial charge in [0.05, 0.1) is 33.8 Å². The monoisotopic (exact) mass is 449 g/mol. The first kappa shape index (κ1) is 20.5. The molecule has 0 radical (unpaired) electrons. The number of rotatable bonds is 5. The Bertz CT molecular complexity index is 1100. The molecule has 156 valence electrons. The smallest absolute Gasteiger partial charge is 0.404 e. The van der Waals surface area contributed by atoms with E-state index in [1.165, 1.54) is 12.1 Å². The molecule has 2 aliphatic rings. The second-order valence-corrected chi connectivity index (χ2v) is 7.78. The fourth-order valence-corrected chi connectivity index (χ4v) is 4.46. The SMILES string of the molecule is C=CCON1C(=O)c2ccc(Cl)c3c(N4CC[C@H](NC(=O)O)C4)cc(Cl)c(c23)C1=O. The van der Waals surface area contributed by atoms with Gasteiger partial charge in [0.25, 0.3) is 11.8 Å². The number of imide groups is 1. The lowest BCUT2D eigenvalue weighted by Crippen LogP contribution is -2.40. The van der Waals surface area contributed by atoms with Crippen molar-refractivity contribution >= 4 is 57.6 Å². The molecule has 2 aromatic carbocycles. The maximum absolute atomic E-state index is 13.0. The number of halogens is 2. The van der Waals surface area contributed by atoms with Crippen LogP contribution in [0.4, 0.5) is 10.5 Å². The lowest BCUT2D eigenvalue weighted by atomic mass is 9.93. The van der Waals surface area contributed by atoms with Crippen molar-refractivity contribution in [2.45, 2.75) is 12.5 Å². The van der Waals surface area contributed by atoms with E-state index in [9.17, 15) is 14.4 Å². The molecule has 10 heteroatoms. The van der Waals surface area contributed by atoms with Gasteiger partial charge in [-0.1, -0.05) is 29.3 Å². The van der Waals surface area contributed by atoms with Gasteiger partial charge >= 0.3 is 6.09 Å². The van der Waals surface area contributed by atoms with Crippen LogP contribution in [0.1, 0.15) is 27.1 Å². The first-order valence-electron chi connectivity index (χ1n) is 9.15.